The van der Waals surface area contributed by atoms with Crippen LogP contribution < -0.4 is 0 Å². The number of hydrogen-bond acceptors (Lipinski definition) is 2. The number of nitrogens with zero attached hydrogens (tertiary/aromatic N) is 2. The van der Waals surface area contributed by atoms with Gasteiger partial charge in [0.1, 0.15) is 0 Å². The van der Waals surface area contributed by atoms with E-state index >= 15 is 0 Å². The van der Waals surface area contributed by atoms with Gasteiger partial charge in [-0.2, -0.15) is 5.10 Å². The van der Waals surface area contributed by atoms with Crippen molar-refractivity contribution >= 4 is 15.9 Å². The van der Waals surface area contributed by atoms with Crippen LogP contribution in [0.5, 0.6) is 0 Å². The van der Waals surface area contributed by atoms with E-state index < -0.39 is 0 Å². The third-order valence-electron chi connectivity index (χ3n) is 2.19. The highest BCUT2D eigenvalue weighted by molar-refractivity contribution is 9.10. The van der Waals surface area contributed by atoms with Gasteiger partial charge in [0.15, 0.2) is 0 Å². The molecule has 0 amide bonds. The number of rotatable bonds is 2. The van der Waals surface area contributed by atoms with E-state index in [1.807, 2.05) is 37.5 Å². The molecule has 1 N–H and O–H groups in total. The van der Waals surface area contributed by atoms with Gasteiger partial charge in [0.25, 0.3) is 0 Å². The second-order valence-electron chi connectivity index (χ2n) is 3.34. The van der Waals surface area contributed by atoms with Crippen molar-refractivity contribution in [1.29, 1.82) is 0 Å². The number of aliphatic hydroxyl groups is 1. The number of aromatic nitrogens is 2. The molecule has 0 aliphatic rings. The molecule has 15 heavy (non-hydrogen) atoms. The van der Waals surface area contributed by atoms with Crippen molar-refractivity contribution in [3.63, 3.8) is 0 Å². The van der Waals surface area contributed by atoms with Crippen LogP contribution in [0, 0.1) is 0 Å². The summed E-state index contributed by atoms with van der Waals surface area (Å²) in [7, 11) is 1.85. The predicted octanol–water partition coefficient (Wildman–Crippen LogP) is 2.34. The van der Waals surface area contributed by atoms with E-state index in [0.717, 1.165) is 21.3 Å². The van der Waals surface area contributed by atoms with E-state index in [0.29, 0.717) is 0 Å². The molecule has 0 aliphatic carbocycles. The summed E-state index contributed by atoms with van der Waals surface area (Å²) in [5.74, 6) is 0. The summed E-state index contributed by atoms with van der Waals surface area (Å²) in [6, 6.07) is 7.88. The maximum absolute atomic E-state index is 9.19. The molecule has 0 atom stereocenters. The molecule has 0 spiro atoms. The Kier molecular flexibility index (Phi) is 2.88. The van der Waals surface area contributed by atoms with Crippen molar-refractivity contribution in [2.45, 2.75) is 6.61 Å². The molecule has 1 heterocycles. The van der Waals surface area contributed by atoms with Gasteiger partial charge in [-0.15, -0.1) is 0 Å². The van der Waals surface area contributed by atoms with Crippen LogP contribution in [0.3, 0.4) is 0 Å². The molecule has 0 bridgehead atoms. The summed E-state index contributed by atoms with van der Waals surface area (Å²) in [5.41, 5.74) is 2.70. The van der Waals surface area contributed by atoms with Crippen LogP contribution in [0.15, 0.2) is 34.9 Å². The maximum atomic E-state index is 9.19. The first-order valence-corrected chi connectivity index (χ1v) is 5.39. The van der Waals surface area contributed by atoms with Crippen molar-refractivity contribution in [2.24, 2.45) is 7.05 Å². The van der Waals surface area contributed by atoms with Crippen LogP contribution in [0.1, 0.15) is 5.56 Å². The zero-order valence-electron chi connectivity index (χ0n) is 8.31. The van der Waals surface area contributed by atoms with Gasteiger partial charge < -0.3 is 5.11 Å². The normalized spacial score (nSPS) is 10.6. The van der Waals surface area contributed by atoms with Crippen LogP contribution in [0.25, 0.3) is 11.3 Å². The molecule has 3 nitrogen and oxygen atoms in total. The van der Waals surface area contributed by atoms with Gasteiger partial charge in [0.05, 0.1) is 12.3 Å². The standard InChI is InChI=1S/C11H11BrN2O/c1-14-6-9(7-15)11(13-14)8-2-4-10(12)5-3-8/h2-6,15H,7H2,1H3. The Labute approximate surface area is 96.5 Å². The van der Waals surface area contributed by atoms with Crippen molar-refractivity contribution in [3.05, 3.63) is 40.5 Å². The third kappa shape index (κ3) is 2.11. The van der Waals surface area contributed by atoms with E-state index in [1.165, 1.54) is 0 Å². The zero-order valence-corrected chi connectivity index (χ0v) is 9.90. The van der Waals surface area contributed by atoms with Crippen molar-refractivity contribution in [3.8, 4) is 11.3 Å². The van der Waals surface area contributed by atoms with E-state index in [-0.39, 0.29) is 6.61 Å². The van der Waals surface area contributed by atoms with Crippen LogP contribution in [-0.4, -0.2) is 14.9 Å². The topological polar surface area (TPSA) is 38.0 Å². The molecule has 1 aromatic heterocycles. The summed E-state index contributed by atoms with van der Waals surface area (Å²) in [5, 5.41) is 13.5. The van der Waals surface area contributed by atoms with Gasteiger partial charge in [-0.3, -0.25) is 4.68 Å². The van der Waals surface area contributed by atoms with Gasteiger partial charge in [0.2, 0.25) is 0 Å². The summed E-state index contributed by atoms with van der Waals surface area (Å²) in [6.07, 6.45) is 1.83. The van der Waals surface area contributed by atoms with Gasteiger partial charge in [-0.25, -0.2) is 0 Å². The fourth-order valence-electron chi connectivity index (χ4n) is 1.50. The lowest BCUT2D eigenvalue weighted by molar-refractivity contribution is 0.282. The SMILES string of the molecule is Cn1cc(CO)c(-c2ccc(Br)cc2)n1. The Bertz CT molecular complexity index is 462. The monoisotopic (exact) mass is 266 g/mol. The lowest BCUT2D eigenvalue weighted by Gasteiger charge is -1.99. The number of benzene rings is 1. The number of hydrogen-bond donors (Lipinski definition) is 1. The van der Waals surface area contributed by atoms with Crippen molar-refractivity contribution < 1.29 is 5.11 Å². The number of aliphatic hydroxyl groups excluding tert-OH is 1. The lowest BCUT2D eigenvalue weighted by atomic mass is 10.1. The van der Waals surface area contributed by atoms with Crippen molar-refractivity contribution in [1.82, 2.24) is 9.78 Å². The quantitative estimate of drug-likeness (QED) is 0.906. The Hall–Kier alpha value is -1.13. The molecular formula is C11H11BrN2O. The van der Waals surface area contributed by atoms with Crippen LogP contribution >= 0.6 is 15.9 Å². The highest BCUT2D eigenvalue weighted by atomic mass is 79.9. The number of halogens is 1. The van der Waals surface area contributed by atoms with E-state index in [2.05, 4.69) is 21.0 Å². The maximum Gasteiger partial charge on any atom is 0.0978 e. The summed E-state index contributed by atoms with van der Waals surface area (Å²) < 4.78 is 2.75. The summed E-state index contributed by atoms with van der Waals surface area (Å²) in [6.45, 7) is 0.0131. The molecule has 0 aliphatic heterocycles. The first kappa shape index (κ1) is 10.4. The summed E-state index contributed by atoms with van der Waals surface area (Å²) in [4.78, 5) is 0. The minimum Gasteiger partial charge on any atom is -0.392 e. The van der Waals surface area contributed by atoms with E-state index in [1.54, 1.807) is 4.68 Å². The zero-order chi connectivity index (χ0) is 10.8. The average molecular weight is 267 g/mol. The van der Waals surface area contributed by atoms with Crippen LogP contribution in [0.2, 0.25) is 0 Å². The molecule has 4 heteroatoms. The average Bonchev–Trinajstić information content (AvgIpc) is 2.61. The highest BCUT2D eigenvalue weighted by Crippen LogP contribution is 2.23. The second-order valence-corrected chi connectivity index (χ2v) is 4.26. The Morgan fingerprint density at radius 2 is 2.00 bits per heavy atom. The molecular weight excluding hydrogens is 256 g/mol. The summed E-state index contributed by atoms with van der Waals surface area (Å²) >= 11 is 3.38. The largest absolute Gasteiger partial charge is 0.392 e. The lowest BCUT2D eigenvalue weighted by Crippen LogP contribution is -1.88. The van der Waals surface area contributed by atoms with Crippen LogP contribution in [0.4, 0.5) is 0 Å². The second kappa shape index (κ2) is 4.16. The molecule has 2 rings (SSSR count). The molecule has 0 fully saturated rings. The van der Waals surface area contributed by atoms with E-state index in [9.17, 15) is 5.11 Å². The molecule has 0 radical (unpaired) electrons. The third-order valence-corrected chi connectivity index (χ3v) is 2.72. The highest BCUT2D eigenvalue weighted by Gasteiger charge is 2.08. The fraction of sp³-hybridized carbons (Fsp3) is 0.182. The fourth-order valence-corrected chi connectivity index (χ4v) is 1.77. The van der Waals surface area contributed by atoms with Gasteiger partial charge in [-0.05, 0) is 12.1 Å². The van der Waals surface area contributed by atoms with Gasteiger partial charge >= 0.3 is 0 Å². The van der Waals surface area contributed by atoms with E-state index in [4.69, 9.17) is 0 Å². The van der Waals surface area contributed by atoms with Crippen molar-refractivity contribution in [2.75, 3.05) is 0 Å². The Balaban J connectivity index is 2.48. The molecule has 0 saturated heterocycles. The minimum atomic E-state index is 0.0131. The molecule has 1 aromatic carbocycles. The minimum absolute atomic E-state index is 0.0131. The number of aryl methyl sites for hydroxylation is 1. The first-order valence-electron chi connectivity index (χ1n) is 4.60. The first-order chi connectivity index (χ1) is 7.20. The van der Waals surface area contributed by atoms with Gasteiger partial charge in [-0.1, -0.05) is 28.1 Å². The predicted molar refractivity (Wildman–Crippen MR) is 62.3 cm³/mol. The van der Waals surface area contributed by atoms with Crippen LogP contribution in [-0.2, 0) is 13.7 Å². The molecule has 78 valence electrons. The molecule has 2 aromatic rings. The Morgan fingerprint density at radius 1 is 1.33 bits per heavy atom. The smallest absolute Gasteiger partial charge is 0.0978 e. The Morgan fingerprint density at radius 3 is 2.60 bits per heavy atom. The van der Waals surface area contributed by atoms with Gasteiger partial charge in [0, 0.05) is 28.8 Å². The molecule has 0 saturated carbocycles. The molecule has 0 unspecified atom stereocenters.